The molecule has 0 radical (unpaired) electrons. The van der Waals surface area contributed by atoms with Gasteiger partial charge in [0.15, 0.2) is 0 Å². The molecule has 188 valence electrons. The Morgan fingerprint density at radius 1 is 0.944 bits per heavy atom. The van der Waals surface area contributed by atoms with E-state index in [2.05, 4.69) is 0 Å². The van der Waals surface area contributed by atoms with Crippen molar-refractivity contribution in [1.82, 2.24) is 0 Å². The van der Waals surface area contributed by atoms with E-state index in [9.17, 15) is 14.4 Å². The van der Waals surface area contributed by atoms with Crippen LogP contribution in [0.25, 0.3) is 10.4 Å². The number of rotatable bonds is 9. The maximum atomic E-state index is 13.2. The normalized spacial score (nSPS) is 11.3. The quantitative estimate of drug-likeness (QED) is 0.172. The van der Waals surface area contributed by atoms with Crippen LogP contribution < -0.4 is 0 Å². The van der Waals surface area contributed by atoms with E-state index >= 15 is 0 Å². The van der Waals surface area contributed by atoms with Crippen LogP contribution in [0.4, 0.5) is 0 Å². The van der Waals surface area contributed by atoms with E-state index in [1.165, 1.54) is 11.3 Å². The van der Waals surface area contributed by atoms with E-state index in [4.69, 9.17) is 33.3 Å². The summed E-state index contributed by atoms with van der Waals surface area (Å²) < 4.78 is 5.23. The molecule has 1 aromatic heterocycles. The first-order chi connectivity index (χ1) is 16.8. The van der Waals surface area contributed by atoms with Gasteiger partial charge in [0.2, 0.25) is 5.78 Å². The van der Waals surface area contributed by atoms with Crippen molar-refractivity contribution in [2.45, 2.75) is 52.6 Å². The molecule has 0 aliphatic heterocycles. The zero-order valence-electron chi connectivity index (χ0n) is 20.5. The molecular formula is C28H27Cl2NO4S. The molecule has 0 aliphatic rings. The summed E-state index contributed by atoms with van der Waals surface area (Å²) in [4.78, 5) is 39.3. The van der Waals surface area contributed by atoms with Gasteiger partial charge in [0, 0.05) is 29.0 Å². The van der Waals surface area contributed by atoms with E-state index < -0.39 is 11.6 Å². The van der Waals surface area contributed by atoms with Gasteiger partial charge in [-0.2, -0.15) is 0 Å². The monoisotopic (exact) mass is 543 g/mol. The lowest BCUT2D eigenvalue weighted by Crippen LogP contribution is -2.25. The van der Waals surface area contributed by atoms with E-state index in [1.807, 2.05) is 19.1 Å². The first kappa shape index (κ1) is 27.8. The van der Waals surface area contributed by atoms with Gasteiger partial charge in [0.25, 0.3) is 0 Å². The smallest absolute Gasteiger partial charge is 0.312 e. The van der Waals surface area contributed by atoms with Crippen molar-refractivity contribution in [2.75, 3.05) is 0 Å². The summed E-state index contributed by atoms with van der Waals surface area (Å²) in [5.41, 5.74) is 2.33. The lowest BCUT2D eigenvalue weighted by Gasteiger charge is -2.19. The highest BCUT2D eigenvalue weighted by Gasteiger charge is 2.22. The second kappa shape index (κ2) is 11.5. The summed E-state index contributed by atoms with van der Waals surface area (Å²) >= 11 is 13.6. The van der Waals surface area contributed by atoms with Crippen LogP contribution in [0.5, 0.6) is 0 Å². The Kier molecular flexibility index (Phi) is 8.88. The fourth-order valence-corrected chi connectivity index (χ4v) is 4.96. The molecule has 0 spiro atoms. The van der Waals surface area contributed by atoms with Gasteiger partial charge in [-0.1, -0.05) is 59.1 Å². The third-order valence-corrected chi connectivity index (χ3v) is 7.07. The molecular weight excluding hydrogens is 517 g/mol. The standard InChI is InChI=1S/C28H27Cl2NO4S/c1-16-5-7-17(8-6-16)26(34)24-13-19(27(36-24)18-9-10-22(29)23(30)12-18)11-21(32)14-20(31)15-25(33)35-28(2,3)4/h5-10,12-13,31H,11,14-15H2,1-4H3. The molecule has 3 rings (SSSR count). The summed E-state index contributed by atoms with van der Waals surface area (Å²) in [6, 6.07) is 14.2. The van der Waals surface area contributed by atoms with Crippen LogP contribution in [0.3, 0.4) is 0 Å². The first-order valence-corrected chi connectivity index (χ1v) is 12.9. The van der Waals surface area contributed by atoms with Gasteiger partial charge in [-0.15, -0.1) is 11.3 Å². The van der Waals surface area contributed by atoms with Gasteiger partial charge < -0.3 is 10.1 Å². The van der Waals surface area contributed by atoms with Crippen molar-refractivity contribution < 1.29 is 19.1 Å². The molecule has 2 aromatic carbocycles. The maximum absolute atomic E-state index is 13.2. The van der Waals surface area contributed by atoms with Crippen molar-refractivity contribution in [3.05, 3.63) is 80.1 Å². The number of Topliss-reactive ketones (excluding diaryl/α,β-unsaturated/α-hetero) is 1. The Morgan fingerprint density at radius 2 is 1.61 bits per heavy atom. The van der Waals surface area contributed by atoms with Crippen LogP contribution in [0, 0.1) is 12.3 Å². The summed E-state index contributed by atoms with van der Waals surface area (Å²) in [7, 11) is 0. The number of carbonyl (C=O) groups excluding carboxylic acids is 3. The summed E-state index contributed by atoms with van der Waals surface area (Å²) in [6.45, 7) is 7.19. The lowest BCUT2D eigenvalue weighted by atomic mass is 10.00. The molecule has 0 amide bonds. The van der Waals surface area contributed by atoms with Gasteiger partial charge in [0.05, 0.1) is 21.3 Å². The highest BCUT2D eigenvalue weighted by Crippen LogP contribution is 2.37. The zero-order valence-corrected chi connectivity index (χ0v) is 22.9. The second-order valence-corrected chi connectivity index (χ2v) is 11.4. The number of carbonyl (C=O) groups is 3. The molecule has 0 unspecified atom stereocenters. The van der Waals surface area contributed by atoms with Crippen LogP contribution in [-0.2, 0) is 20.7 Å². The highest BCUT2D eigenvalue weighted by molar-refractivity contribution is 7.17. The molecule has 0 aliphatic carbocycles. The Morgan fingerprint density at radius 3 is 2.22 bits per heavy atom. The minimum atomic E-state index is -0.660. The van der Waals surface area contributed by atoms with E-state index in [0.717, 1.165) is 16.0 Å². The minimum Gasteiger partial charge on any atom is -0.460 e. The number of halogens is 2. The van der Waals surface area contributed by atoms with Gasteiger partial charge in [0.1, 0.15) is 11.4 Å². The number of benzene rings is 2. The molecule has 1 heterocycles. The van der Waals surface area contributed by atoms with Crippen LogP contribution in [0.15, 0.2) is 48.5 Å². The minimum absolute atomic E-state index is 0.00392. The third kappa shape index (κ3) is 7.60. The van der Waals surface area contributed by atoms with Crippen molar-refractivity contribution in [2.24, 2.45) is 0 Å². The SMILES string of the molecule is Cc1ccc(C(=O)c2cc(CC(=O)CC(=N)CC(=O)OC(C)(C)C)c(-c3ccc(Cl)c(Cl)c3)s2)cc1. The van der Waals surface area contributed by atoms with Crippen LogP contribution in [-0.4, -0.2) is 28.8 Å². The van der Waals surface area contributed by atoms with Gasteiger partial charge in [-0.3, -0.25) is 14.4 Å². The average molecular weight is 545 g/mol. The molecule has 3 aromatic rings. The molecule has 0 bridgehead atoms. The van der Waals surface area contributed by atoms with Gasteiger partial charge in [-0.05, 0) is 57.0 Å². The Bertz CT molecular complexity index is 1320. The molecule has 1 N–H and O–H groups in total. The predicted octanol–water partition coefficient (Wildman–Crippen LogP) is 7.51. The molecule has 36 heavy (non-hydrogen) atoms. The molecule has 0 fully saturated rings. The zero-order chi connectivity index (χ0) is 26.6. The number of hydrogen-bond acceptors (Lipinski definition) is 6. The van der Waals surface area contributed by atoms with Gasteiger partial charge in [-0.25, -0.2) is 0 Å². The summed E-state index contributed by atoms with van der Waals surface area (Å²) in [5.74, 6) is -0.923. The number of ether oxygens (including phenoxy) is 1. The number of aryl methyl sites for hydroxylation is 1. The Labute approximate surface area is 224 Å². The van der Waals surface area contributed by atoms with Crippen molar-refractivity contribution >= 4 is 57.8 Å². The lowest BCUT2D eigenvalue weighted by molar-refractivity contribution is -0.153. The summed E-state index contributed by atoms with van der Waals surface area (Å²) in [5, 5.41) is 8.86. The first-order valence-electron chi connectivity index (χ1n) is 11.3. The molecule has 0 atom stereocenters. The summed E-state index contributed by atoms with van der Waals surface area (Å²) in [6.07, 6.45) is -0.426. The molecule has 8 heteroatoms. The van der Waals surface area contributed by atoms with Crippen LogP contribution >= 0.6 is 34.5 Å². The van der Waals surface area contributed by atoms with E-state index in [0.29, 0.717) is 26.0 Å². The molecule has 0 saturated heterocycles. The fourth-order valence-electron chi connectivity index (χ4n) is 3.53. The number of hydrogen-bond donors (Lipinski definition) is 1. The van der Waals surface area contributed by atoms with Crippen LogP contribution in [0.2, 0.25) is 10.0 Å². The maximum Gasteiger partial charge on any atom is 0.312 e. The van der Waals surface area contributed by atoms with Crippen molar-refractivity contribution in [1.29, 1.82) is 5.41 Å². The topological polar surface area (TPSA) is 84.3 Å². The highest BCUT2D eigenvalue weighted by atomic mass is 35.5. The van der Waals surface area contributed by atoms with Crippen molar-refractivity contribution in [3.8, 4) is 10.4 Å². The third-order valence-electron chi connectivity index (χ3n) is 5.10. The Hall–Kier alpha value is -2.80. The number of thiophene rings is 1. The predicted molar refractivity (Wildman–Crippen MR) is 146 cm³/mol. The van der Waals surface area contributed by atoms with E-state index in [1.54, 1.807) is 57.2 Å². The largest absolute Gasteiger partial charge is 0.460 e. The van der Waals surface area contributed by atoms with Crippen LogP contribution in [0.1, 0.15) is 60.0 Å². The number of esters is 1. The number of ketones is 2. The fraction of sp³-hybridized carbons (Fsp3) is 0.286. The molecule has 0 saturated carbocycles. The average Bonchev–Trinajstić information content (AvgIpc) is 3.17. The van der Waals surface area contributed by atoms with Gasteiger partial charge >= 0.3 is 5.97 Å². The second-order valence-electron chi connectivity index (χ2n) is 9.55. The van der Waals surface area contributed by atoms with E-state index in [-0.39, 0.29) is 36.5 Å². The van der Waals surface area contributed by atoms with Crippen molar-refractivity contribution in [3.63, 3.8) is 0 Å². The Balaban J connectivity index is 1.85. The number of nitrogens with one attached hydrogen (secondary N) is 1. The molecule has 5 nitrogen and oxygen atoms in total.